The minimum Gasteiger partial charge on any atom is -0.494 e. The maximum Gasteiger partial charge on any atom is 0.426 e. The molecule has 3 aromatic carbocycles. The van der Waals surface area contributed by atoms with Crippen molar-refractivity contribution in [3.05, 3.63) is 83.9 Å². The Bertz CT molecular complexity index is 1310. The Morgan fingerprint density at radius 2 is 1.60 bits per heavy atom. The number of benzene rings is 3. The van der Waals surface area contributed by atoms with E-state index in [9.17, 15) is 13.6 Å². The van der Waals surface area contributed by atoms with E-state index < -0.39 is 12.1 Å². The van der Waals surface area contributed by atoms with Gasteiger partial charge < -0.3 is 30.4 Å². The van der Waals surface area contributed by atoms with Crippen molar-refractivity contribution >= 4 is 23.4 Å². The number of nitrogens with two attached hydrogens (primary N) is 2. The first kappa shape index (κ1) is 29.8. The Balaban J connectivity index is 1.41. The molecule has 3 rings (SSSR count). The van der Waals surface area contributed by atoms with E-state index in [1.807, 2.05) is 0 Å². The molecule has 8 nitrogen and oxygen atoms in total. The van der Waals surface area contributed by atoms with E-state index in [1.165, 1.54) is 60.7 Å². The summed E-state index contributed by atoms with van der Waals surface area (Å²) in [7, 11) is 0. The Morgan fingerprint density at radius 3 is 2.30 bits per heavy atom. The smallest absolute Gasteiger partial charge is 0.426 e. The summed E-state index contributed by atoms with van der Waals surface area (Å²) in [6, 6.07) is 18.2. The Hall–Kier alpha value is -4.78. The van der Waals surface area contributed by atoms with Crippen LogP contribution in [0.4, 0.5) is 20.2 Å². The van der Waals surface area contributed by atoms with Crippen LogP contribution in [-0.4, -0.2) is 25.8 Å². The maximum absolute atomic E-state index is 14.7. The molecular weight excluding hydrogens is 520 g/mol. The molecule has 0 saturated carbocycles. The van der Waals surface area contributed by atoms with Crippen molar-refractivity contribution in [2.75, 3.05) is 31.3 Å². The molecule has 0 amide bonds. The van der Waals surface area contributed by atoms with Crippen molar-refractivity contribution in [2.24, 2.45) is 0 Å². The summed E-state index contributed by atoms with van der Waals surface area (Å²) < 4.78 is 50.3. The summed E-state index contributed by atoms with van der Waals surface area (Å²) in [5.74, 6) is 0.289. The third-order valence-corrected chi connectivity index (χ3v) is 5.55. The summed E-state index contributed by atoms with van der Waals surface area (Å²) in [6.07, 6.45) is 2.13. The van der Waals surface area contributed by atoms with E-state index in [0.717, 1.165) is 19.3 Å². The highest BCUT2D eigenvalue weighted by atomic mass is 19.3. The van der Waals surface area contributed by atoms with Gasteiger partial charge in [0, 0.05) is 18.2 Å². The van der Waals surface area contributed by atoms with Crippen LogP contribution in [0.25, 0.3) is 6.08 Å². The zero-order chi connectivity index (χ0) is 28.8. The lowest BCUT2D eigenvalue weighted by atomic mass is 10.2. The van der Waals surface area contributed by atoms with Gasteiger partial charge in [-0.2, -0.15) is 14.0 Å². The van der Waals surface area contributed by atoms with Crippen molar-refractivity contribution in [3.63, 3.8) is 0 Å². The summed E-state index contributed by atoms with van der Waals surface area (Å²) in [4.78, 5) is 11.9. The molecule has 0 aliphatic heterocycles. The van der Waals surface area contributed by atoms with Gasteiger partial charge in [-0.1, -0.05) is 12.1 Å². The number of anilines is 2. The molecule has 0 saturated heterocycles. The minimum absolute atomic E-state index is 0.00526. The fourth-order valence-electron chi connectivity index (χ4n) is 3.48. The Labute approximate surface area is 231 Å². The number of ether oxygens (including phenoxy) is 4. The SMILES string of the molecule is N#CCCCCCOc1ccc(C(F)(F)Oc2ccc(/C=C/C(=O)OCCOc3ccc(N)cc3N)cc2)cc1. The molecule has 0 radical (unpaired) electrons. The fourth-order valence-corrected chi connectivity index (χ4v) is 3.48. The van der Waals surface area contributed by atoms with Crippen molar-refractivity contribution < 1.29 is 32.5 Å². The first-order valence-electron chi connectivity index (χ1n) is 12.7. The standard InChI is InChI=1S/C30H31F2N3O5/c31-30(32,23-8-13-25(14-9-23)37-18-4-2-1-3-17-33)40-26-11-5-22(6-12-26)7-16-29(36)39-20-19-38-28-15-10-24(34)21-27(28)35/h5-16,21H,1-4,18-20,34-35H2/b16-7+. The largest absolute Gasteiger partial charge is 0.494 e. The highest BCUT2D eigenvalue weighted by Crippen LogP contribution is 2.32. The number of carbonyl (C=O) groups excluding carboxylic acids is 1. The maximum atomic E-state index is 14.7. The number of rotatable bonds is 15. The summed E-state index contributed by atoms with van der Waals surface area (Å²) in [5, 5.41) is 8.53. The van der Waals surface area contributed by atoms with Crippen molar-refractivity contribution in [1.29, 1.82) is 5.26 Å². The first-order chi connectivity index (χ1) is 19.3. The second kappa shape index (κ2) is 15.0. The van der Waals surface area contributed by atoms with Gasteiger partial charge in [-0.15, -0.1) is 0 Å². The number of alkyl halides is 2. The molecule has 0 aliphatic carbocycles. The summed E-state index contributed by atoms with van der Waals surface area (Å²) in [5.41, 5.74) is 12.6. The van der Waals surface area contributed by atoms with Crippen LogP contribution in [0.1, 0.15) is 36.8 Å². The molecule has 0 fully saturated rings. The van der Waals surface area contributed by atoms with Crippen LogP contribution < -0.4 is 25.7 Å². The van der Waals surface area contributed by atoms with Gasteiger partial charge in [-0.25, -0.2) is 4.79 Å². The molecule has 40 heavy (non-hydrogen) atoms. The zero-order valence-corrected chi connectivity index (χ0v) is 21.9. The Kier molecular flexibility index (Phi) is 11.1. The molecule has 0 spiro atoms. The van der Waals surface area contributed by atoms with Crippen LogP contribution in [-0.2, 0) is 15.6 Å². The lowest BCUT2D eigenvalue weighted by Gasteiger charge is -2.18. The van der Waals surface area contributed by atoms with E-state index in [0.29, 0.717) is 41.5 Å². The van der Waals surface area contributed by atoms with Crippen molar-refractivity contribution in [3.8, 4) is 23.3 Å². The average Bonchev–Trinajstić information content (AvgIpc) is 2.93. The molecule has 4 N–H and O–H groups in total. The van der Waals surface area contributed by atoms with Crippen LogP contribution in [0, 0.1) is 11.3 Å². The molecule has 10 heteroatoms. The number of hydrogen-bond donors (Lipinski definition) is 2. The quantitative estimate of drug-likeness (QED) is 0.101. The third kappa shape index (κ3) is 9.83. The number of carbonyl (C=O) groups is 1. The van der Waals surface area contributed by atoms with Gasteiger partial charge in [0.05, 0.1) is 23.9 Å². The van der Waals surface area contributed by atoms with Gasteiger partial charge in [0.2, 0.25) is 0 Å². The number of hydrogen-bond acceptors (Lipinski definition) is 8. The summed E-state index contributed by atoms with van der Waals surface area (Å²) >= 11 is 0. The normalized spacial score (nSPS) is 11.1. The second-order valence-electron chi connectivity index (χ2n) is 8.68. The molecule has 0 atom stereocenters. The van der Waals surface area contributed by atoms with E-state index in [-0.39, 0.29) is 24.5 Å². The molecule has 0 aliphatic rings. The van der Waals surface area contributed by atoms with Crippen molar-refractivity contribution in [1.82, 2.24) is 0 Å². The van der Waals surface area contributed by atoms with E-state index >= 15 is 0 Å². The zero-order valence-electron chi connectivity index (χ0n) is 21.9. The molecule has 3 aromatic rings. The topological polar surface area (TPSA) is 130 Å². The van der Waals surface area contributed by atoms with Crippen LogP contribution in [0.3, 0.4) is 0 Å². The molecule has 0 unspecified atom stereocenters. The van der Waals surface area contributed by atoms with Crippen molar-refractivity contribution in [2.45, 2.75) is 31.8 Å². The number of nitriles is 1. The molecule has 0 bridgehead atoms. The predicted octanol–water partition coefficient (Wildman–Crippen LogP) is 6.08. The lowest BCUT2D eigenvalue weighted by Crippen LogP contribution is -2.21. The highest BCUT2D eigenvalue weighted by molar-refractivity contribution is 5.87. The number of nitrogen functional groups attached to an aromatic ring is 2. The number of nitrogens with zero attached hydrogens (tertiary/aromatic N) is 1. The highest BCUT2D eigenvalue weighted by Gasteiger charge is 2.34. The summed E-state index contributed by atoms with van der Waals surface area (Å²) in [6.45, 7) is 0.559. The van der Waals surface area contributed by atoms with E-state index in [4.69, 9.17) is 35.7 Å². The third-order valence-electron chi connectivity index (χ3n) is 5.55. The van der Waals surface area contributed by atoms with E-state index in [2.05, 4.69) is 6.07 Å². The van der Waals surface area contributed by atoms with Gasteiger partial charge >= 0.3 is 12.1 Å². The number of halogens is 2. The predicted molar refractivity (Wildman–Crippen MR) is 148 cm³/mol. The van der Waals surface area contributed by atoms with E-state index in [1.54, 1.807) is 18.2 Å². The van der Waals surface area contributed by atoms with Crippen LogP contribution in [0.5, 0.6) is 17.2 Å². The molecule has 0 heterocycles. The molecule has 210 valence electrons. The second-order valence-corrected chi connectivity index (χ2v) is 8.68. The van der Waals surface area contributed by atoms with Gasteiger partial charge in [0.1, 0.15) is 30.5 Å². The fraction of sp³-hybridized carbons (Fsp3) is 0.267. The molecule has 0 aromatic heterocycles. The monoisotopic (exact) mass is 551 g/mol. The number of esters is 1. The van der Waals surface area contributed by atoms with Crippen LogP contribution in [0.2, 0.25) is 0 Å². The minimum atomic E-state index is -3.56. The Morgan fingerprint density at radius 1 is 0.875 bits per heavy atom. The molecular formula is C30H31F2N3O5. The van der Waals surface area contributed by atoms with Gasteiger partial charge in [-0.05, 0) is 85.5 Å². The van der Waals surface area contributed by atoms with Crippen LogP contribution >= 0.6 is 0 Å². The first-order valence-corrected chi connectivity index (χ1v) is 12.7. The number of unbranched alkanes of at least 4 members (excludes halogenated alkanes) is 3. The lowest BCUT2D eigenvalue weighted by molar-refractivity contribution is -0.185. The van der Waals surface area contributed by atoms with Gasteiger partial charge in [0.25, 0.3) is 0 Å². The average molecular weight is 552 g/mol. The van der Waals surface area contributed by atoms with Gasteiger partial charge in [0.15, 0.2) is 0 Å². The van der Waals surface area contributed by atoms with Crippen LogP contribution in [0.15, 0.2) is 72.8 Å². The van der Waals surface area contributed by atoms with Gasteiger partial charge in [-0.3, -0.25) is 0 Å².